The number of rotatable bonds is 5. The van der Waals surface area contributed by atoms with Crippen molar-refractivity contribution in [1.82, 2.24) is 10.6 Å². The first-order chi connectivity index (χ1) is 17.0. The highest BCUT2D eigenvalue weighted by molar-refractivity contribution is 6.30. The molecule has 3 N–H and O–H groups in total. The van der Waals surface area contributed by atoms with Crippen molar-refractivity contribution in [2.24, 2.45) is 0 Å². The number of carbonyl (C=O) groups is 4. The molecule has 8 nitrogen and oxygen atoms in total. The lowest BCUT2D eigenvalue weighted by Crippen LogP contribution is -2.50. The average Bonchev–Trinajstić information content (AvgIpc) is 2.82. The maximum absolute atomic E-state index is 13.2. The predicted octanol–water partition coefficient (Wildman–Crippen LogP) is 4.21. The molecule has 1 fully saturated rings. The fourth-order valence-electron chi connectivity index (χ4n) is 4.74. The van der Waals surface area contributed by atoms with Crippen LogP contribution in [0.15, 0.2) is 42.5 Å². The van der Waals surface area contributed by atoms with Gasteiger partial charge in [0, 0.05) is 34.5 Å². The van der Waals surface area contributed by atoms with Crippen LogP contribution in [0.25, 0.3) is 0 Å². The average molecular weight is 492 g/mol. The van der Waals surface area contributed by atoms with Crippen LogP contribution in [0.5, 0.6) is 0 Å². The minimum Gasteiger partial charge on any atom is -0.444 e. The third-order valence-electron chi connectivity index (χ3n) is 6.51. The van der Waals surface area contributed by atoms with E-state index >= 15 is 0 Å². The maximum Gasteiger partial charge on any atom is 0.408 e. The second-order valence-electron chi connectivity index (χ2n) is 10.5. The lowest BCUT2D eigenvalue weighted by Gasteiger charge is -2.32. The van der Waals surface area contributed by atoms with Gasteiger partial charge in [0.25, 0.3) is 0 Å². The van der Waals surface area contributed by atoms with Crippen molar-refractivity contribution in [2.75, 3.05) is 5.32 Å². The van der Waals surface area contributed by atoms with E-state index in [0.717, 1.165) is 25.7 Å². The number of alkyl carbamates (subject to hydrolysis) is 1. The van der Waals surface area contributed by atoms with Crippen molar-refractivity contribution >= 4 is 29.3 Å². The van der Waals surface area contributed by atoms with E-state index in [0.29, 0.717) is 27.9 Å². The van der Waals surface area contributed by atoms with Crippen LogP contribution in [0, 0.1) is 0 Å². The molecule has 0 bridgehead atoms. The molecule has 2 aromatic carbocycles. The molecule has 0 heterocycles. The number of ether oxygens (including phenoxy) is 1. The van der Waals surface area contributed by atoms with Crippen molar-refractivity contribution in [3.63, 3.8) is 0 Å². The highest BCUT2D eigenvalue weighted by Gasteiger charge is 2.32. The Labute approximate surface area is 211 Å². The summed E-state index contributed by atoms with van der Waals surface area (Å²) in [4.78, 5) is 50.7. The molecule has 0 aliphatic heterocycles. The number of anilines is 1. The smallest absolute Gasteiger partial charge is 0.408 e. The van der Waals surface area contributed by atoms with E-state index in [9.17, 15) is 19.2 Å². The lowest BCUT2D eigenvalue weighted by atomic mass is 9.83. The Morgan fingerprint density at radius 3 is 2.08 bits per heavy atom. The monoisotopic (exact) mass is 491 g/mol. The zero-order valence-corrected chi connectivity index (χ0v) is 21.1. The Balaban J connectivity index is 1.34. The van der Waals surface area contributed by atoms with Gasteiger partial charge in [-0.2, -0.15) is 0 Å². The molecule has 4 rings (SSSR count). The summed E-state index contributed by atoms with van der Waals surface area (Å²) in [6.07, 6.45) is 2.48. The van der Waals surface area contributed by atoms with E-state index in [1.165, 1.54) is 0 Å². The second kappa shape index (κ2) is 10.1. The molecule has 1 saturated carbocycles. The summed E-state index contributed by atoms with van der Waals surface area (Å²) in [6.45, 7) is 6.92. The highest BCUT2D eigenvalue weighted by atomic mass is 16.6. The fraction of sp³-hybridized carbons (Fsp3) is 0.429. The van der Waals surface area contributed by atoms with Crippen molar-refractivity contribution in [2.45, 2.75) is 77.1 Å². The number of carbonyl (C=O) groups excluding carboxylic acids is 4. The van der Waals surface area contributed by atoms with Crippen LogP contribution in [-0.4, -0.2) is 47.3 Å². The van der Waals surface area contributed by atoms with Crippen LogP contribution in [0.1, 0.15) is 85.2 Å². The zero-order valence-electron chi connectivity index (χ0n) is 21.1. The molecule has 0 unspecified atom stereocenters. The summed E-state index contributed by atoms with van der Waals surface area (Å²) in [6, 6.07) is 11.7. The molecular weight excluding hydrogens is 458 g/mol. The first-order valence-electron chi connectivity index (χ1n) is 12.4. The van der Waals surface area contributed by atoms with Gasteiger partial charge in [-0.3, -0.25) is 14.4 Å². The molecule has 36 heavy (non-hydrogen) atoms. The third-order valence-corrected chi connectivity index (χ3v) is 6.51. The van der Waals surface area contributed by atoms with Gasteiger partial charge in [0.05, 0.1) is 5.56 Å². The molecule has 0 radical (unpaired) electrons. The molecule has 0 aromatic heterocycles. The topological polar surface area (TPSA) is 114 Å². The first kappa shape index (κ1) is 25.4. The molecule has 0 saturated heterocycles. The van der Waals surface area contributed by atoms with Crippen molar-refractivity contribution in [3.8, 4) is 0 Å². The van der Waals surface area contributed by atoms with Gasteiger partial charge in [-0.15, -0.1) is 0 Å². The van der Waals surface area contributed by atoms with E-state index in [1.807, 2.05) is 6.07 Å². The summed E-state index contributed by atoms with van der Waals surface area (Å²) in [7, 11) is 0. The summed E-state index contributed by atoms with van der Waals surface area (Å²) in [5.41, 5.74) is 1.77. The van der Waals surface area contributed by atoms with Crippen LogP contribution in [0.2, 0.25) is 0 Å². The number of hydrogen-bond donors (Lipinski definition) is 3. The minimum absolute atomic E-state index is 0.00166. The van der Waals surface area contributed by atoms with E-state index in [4.69, 9.17) is 4.74 Å². The predicted molar refractivity (Wildman–Crippen MR) is 136 cm³/mol. The van der Waals surface area contributed by atoms with Gasteiger partial charge in [-0.25, -0.2) is 4.79 Å². The van der Waals surface area contributed by atoms with E-state index < -0.39 is 17.7 Å². The highest BCUT2D eigenvalue weighted by Crippen LogP contribution is 2.33. The Kier molecular flexibility index (Phi) is 7.15. The second-order valence-corrected chi connectivity index (χ2v) is 10.5. The van der Waals surface area contributed by atoms with Gasteiger partial charge < -0.3 is 20.7 Å². The molecule has 0 spiro atoms. The molecular formula is C28H33N3O5. The van der Waals surface area contributed by atoms with Gasteiger partial charge in [0.15, 0.2) is 11.6 Å². The standard InChI is InChI=1S/C28H33N3O5/c1-16(29-27(35)36-28(2,3)4)26(34)31-18-14-12-17(13-15-18)30-22-11-7-10-21-23(22)25(33)20-9-6-5-8-19(20)24(21)32/h5-11,16-18,30H,12-15H2,1-4H3,(H,29,35)(H,31,34)/t16-,17?,18?/m0/s1. The van der Waals surface area contributed by atoms with Crippen LogP contribution in [-0.2, 0) is 9.53 Å². The number of amides is 2. The van der Waals surface area contributed by atoms with E-state index in [-0.39, 0.29) is 29.6 Å². The van der Waals surface area contributed by atoms with E-state index in [1.54, 1.807) is 64.1 Å². The summed E-state index contributed by atoms with van der Waals surface area (Å²) in [5.74, 6) is -0.530. The largest absolute Gasteiger partial charge is 0.444 e. The van der Waals surface area contributed by atoms with Gasteiger partial charge in [0.1, 0.15) is 11.6 Å². The van der Waals surface area contributed by atoms with Crippen molar-refractivity contribution in [3.05, 3.63) is 64.7 Å². The Morgan fingerprint density at radius 2 is 1.44 bits per heavy atom. The molecule has 190 valence electrons. The SMILES string of the molecule is C[C@H](NC(=O)OC(C)(C)C)C(=O)NC1CCC(Nc2cccc3c2C(=O)c2ccccc2C3=O)CC1. The van der Waals surface area contributed by atoms with Crippen LogP contribution < -0.4 is 16.0 Å². The number of benzene rings is 2. The summed E-state index contributed by atoms with van der Waals surface area (Å²) >= 11 is 0. The first-order valence-corrected chi connectivity index (χ1v) is 12.4. The van der Waals surface area contributed by atoms with Crippen molar-refractivity contribution in [1.29, 1.82) is 0 Å². The maximum atomic E-state index is 13.2. The quantitative estimate of drug-likeness (QED) is 0.493. The zero-order chi connectivity index (χ0) is 26.0. The molecule has 8 heteroatoms. The Bertz CT molecular complexity index is 1190. The summed E-state index contributed by atoms with van der Waals surface area (Å²) in [5, 5.41) is 9.05. The van der Waals surface area contributed by atoms with Crippen LogP contribution in [0.3, 0.4) is 0 Å². The van der Waals surface area contributed by atoms with Crippen LogP contribution in [0.4, 0.5) is 10.5 Å². The third kappa shape index (κ3) is 5.58. The fourth-order valence-corrected chi connectivity index (χ4v) is 4.74. The molecule has 2 aliphatic rings. The van der Waals surface area contributed by atoms with Crippen molar-refractivity contribution < 1.29 is 23.9 Å². The Hall–Kier alpha value is -3.68. The summed E-state index contributed by atoms with van der Waals surface area (Å²) < 4.78 is 5.21. The minimum atomic E-state index is -0.710. The molecule has 1 atom stereocenters. The number of ketones is 2. The van der Waals surface area contributed by atoms with E-state index in [2.05, 4.69) is 16.0 Å². The number of nitrogens with one attached hydrogen (secondary N) is 3. The molecule has 2 amide bonds. The van der Waals surface area contributed by atoms with Crippen LogP contribution >= 0.6 is 0 Å². The Morgan fingerprint density at radius 1 is 0.861 bits per heavy atom. The number of hydrogen-bond acceptors (Lipinski definition) is 6. The van der Waals surface area contributed by atoms with Gasteiger partial charge in [-0.1, -0.05) is 36.4 Å². The normalized spacial score (nSPS) is 20.0. The molecule has 2 aromatic rings. The van der Waals surface area contributed by atoms with Gasteiger partial charge in [0.2, 0.25) is 5.91 Å². The molecule has 2 aliphatic carbocycles. The van der Waals surface area contributed by atoms with Gasteiger partial charge >= 0.3 is 6.09 Å². The number of fused-ring (bicyclic) bond motifs is 2. The lowest BCUT2D eigenvalue weighted by molar-refractivity contribution is -0.123. The van der Waals surface area contributed by atoms with Gasteiger partial charge in [-0.05, 0) is 59.4 Å².